The van der Waals surface area contributed by atoms with Crippen LogP contribution in [0.5, 0.6) is 0 Å². The lowest BCUT2D eigenvalue weighted by atomic mass is 10.1. The molecule has 2 heterocycles. The Balaban J connectivity index is 1.78. The minimum absolute atomic E-state index is 0.0287. The van der Waals surface area contributed by atoms with Gasteiger partial charge in [0.05, 0.1) is 18.1 Å². The first-order chi connectivity index (χ1) is 12.4. The van der Waals surface area contributed by atoms with E-state index in [1.165, 1.54) is 0 Å². The molecular formula is C19H22ClNO4S. The molecule has 1 atom stereocenters. The Bertz CT molecular complexity index is 873. The van der Waals surface area contributed by atoms with Crippen molar-refractivity contribution in [2.45, 2.75) is 38.8 Å². The molecular weight excluding hydrogens is 374 g/mol. The van der Waals surface area contributed by atoms with E-state index in [2.05, 4.69) is 0 Å². The normalized spacial score (nSPS) is 18.8. The minimum Gasteiger partial charge on any atom is -0.459 e. The number of carbonyl (C=O) groups excluding carboxylic acids is 1. The van der Waals surface area contributed by atoms with Crippen LogP contribution in [0.1, 0.15) is 31.9 Å². The maximum absolute atomic E-state index is 12.5. The lowest BCUT2D eigenvalue weighted by Crippen LogP contribution is -2.40. The van der Waals surface area contributed by atoms with Crippen LogP contribution < -0.4 is 0 Å². The van der Waals surface area contributed by atoms with Crippen LogP contribution in [0.4, 0.5) is 0 Å². The molecule has 2 aromatic rings. The summed E-state index contributed by atoms with van der Waals surface area (Å²) < 4.78 is 29.5. The largest absolute Gasteiger partial charge is 0.459 e. The molecule has 1 saturated heterocycles. The number of sulfone groups is 1. The van der Waals surface area contributed by atoms with Gasteiger partial charge in [-0.2, -0.15) is 0 Å². The molecule has 0 radical (unpaired) electrons. The summed E-state index contributed by atoms with van der Waals surface area (Å²) in [6, 6.07) is 10.7. The zero-order valence-electron chi connectivity index (χ0n) is 14.7. The van der Waals surface area contributed by atoms with E-state index in [0.717, 1.165) is 12.0 Å². The zero-order chi connectivity index (χ0) is 18.7. The van der Waals surface area contributed by atoms with Gasteiger partial charge in [0, 0.05) is 23.0 Å². The van der Waals surface area contributed by atoms with Gasteiger partial charge in [0.1, 0.15) is 11.5 Å². The Labute approximate surface area is 158 Å². The second kappa shape index (κ2) is 7.84. The van der Waals surface area contributed by atoms with Crippen LogP contribution in [0.3, 0.4) is 0 Å². The van der Waals surface area contributed by atoms with E-state index in [4.69, 9.17) is 16.0 Å². The molecule has 1 amide bonds. The number of hydrogen-bond donors (Lipinski definition) is 0. The third-order valence-electron chi connectivity index (χ3n) is 4.55. The summed E-state index contributed by atoms with van der Waals surface area (Å²) in [5, 5.41) is 0.652. The van der Waals surface area contributed by atoms with Gasteiger partial charge in [-0.1, -0.05) is 18.5 Å². The number of amides is 1. The predicted octanol–water partition coefficient (Wildman–Crippen LogP) is 3.92. The molecule has 3 rings (SSSR count). The van der Waals surface area contributed by atoms with Crippen molar-refractivity contribution in [1.82, 2.24) is 4.90 Å². The van der Waals surface area contributed by atoms with Gasteiger partial charge in [-0.15, -0.1) is 0 Å². The molecule has 0 bridgehead atoms. The maximum Gasteiger partial charge on any atom is 0.223 e. The Hall–Kier alpha value is -1.79. The molecule has 1 aliphatic rings. The fraction of sp³-hybridized carbons (Fsp3) is 0.421. The molecule has 0 saturated carbocycles. The average molecular weight is 396 g/mol. The van der Waals surface area contributed by atoms with Crippen LogP contribution in [0, 0.1) is 0 Å². The van der Waals surface area contributed by atoms with E-state index in [0.29, 0.717) is 29.4 Å². The molecule has 0 aliphatic carbocycles. The fourth-order valence-electron chi connectivity index (χ4n) is 3.20. The monoisotopic (exact) mass is 395 g/mol. The van der Waals surface area contributed by atoms with E-state index in [1.54, 1.807) is 17.0 Å². The lowest BCUT2D eigenvalue weighted by molar-refractivity contribution is -0.134. The Morgan fingerprint density at radius 1 is 1.23 bits per heavy atom. The topological polar surface area (TPSA) is 67.6 Å². The van der Waals surface area contributed by atoms with Gasteiger partial charge in [-0.25, -0.2) is 8.42 Å². The van der Waals surface area contributed by atoms with Crippen molar-refractivity contribution >= 4 is 27.3 Å². The highest BCUT2D eigenvalue weighted by Crippen LogP contribution is 2.26. The number of furan rings is 1. The first-order valence-electron chi connectivity index (χ1n) is 8.72. The quantitative estimate of drug-likeness (QED) is 0.743. The van der Waals surface area contributed by atoms with Gasteiger partial charge in [0.15, 0.2) is 9.84 Å². The standard InChI is InChI=1S/C19H22ClNO4S/c1-2-3-19(22)21(16-10-11-26(23,24)13-16)12-17-8-9-18(25-17)14-4-6-15(20)7-5-14/h4-9,16H,2-3,10-13H2,1H3. The summed E-state index contributed by atoms with van der Waals surface area (Å²) >= 11 is 5.91. The van der Waals surface area contributed by atoms with Crippen LogP contribution >= 0.6 is 11.6 Å². The lowest BCUT2D eigenvalue weighted by Gasteiger charge is -2.27. The summed E-state index contributed by atoms with van der Waals surface area (Å²) in [7, 11) is -3.06. The van der Waals surface area contributed by atoms with E-state index in [1.807, 2.05) is 31.2 Å². The van der Waals surface area contributed by atoms with Crippen molar-refractivity contribution < 1.29 is 17.6 Å². The second-order valence-corrected chi connectivity index (χ2v) is 9.27. The summed E-state index contributed by atoms with van der Waals surface area (Å²) in [5.74, 6) is 1.48. The van der Waals surface area contributed by atoms with Crippen molar-refractivity contribution in [1.29, 1.82) is 0 Å². The zero-order valence-corrected chi connectivity index (χ0v) is 16.2. The van der Waals surface area contributed by atoms with Crippen molar-refractivity contribution in [3.05, 3.63) is 47.2 Å². The first-order valence-corrected chi connectivity index (χ1v) is 10.9. The van der Waals surface area contributed by atoms with Crippen LogP contribution in [-0.4, -0.2) is 36.8 Å². The van der Waals surface area contributed by atoms with Crippen molar-refractivity contribution in [3.63, 3.8) is 0 Å². The van der Waals surface area contributed by atoms with Gasteiger partial charge in [0.2, 0.25) is 5.91 Å². The van der Waals surface area contributed by atoms with E-state index >= 15 is 0 Å². The van der Waals surface area contributed by atoms with Crippen molar-refractivity contribution in [3.8, 4) is 11.3 Å². The van der Waals surface area contributed by atoms with Gasteiger partial charge >= 0.3 is 0 Å². The van der Waals surface area contributed by atoms with Crippen LogP contribution in [0.2, 0.25) is 5.02 Å². The molecule has 1 aliphatic heterocycles. The van der Waals surface area contributed by atoms with E-state index in [-0.39, 0.29) is 30.0 Å². The molecule has 7 heteroatoms. The third-order valence-corrected chi connectivity index (χ3v) is 6.55. The predicted molar refractivity (Wildman–Crippen MR) is 102 cm³/mol. The average Bonchev–Trinajstić information content (AvgIpc) is 3.20. The van der Waals surface area contributed by atoms with E-state index in [9.17, 15) is 13.2 Å². The highest BCUT2D eigenvalue weighted by molar-refractivity contribution is 7.91. The molecule has 1 aromatic heterocycles. The molecule has 0 spiro atoms. The molecule has 1 aromatic carbocycles. The van der Waals surface area contributed by atoms with Gasteiger partial charge in [-0.3, -0.25) is 4.79 Å². The Kier molecular flexibility index (Phi) is 5.73. The molecule has 26 heavy (non-hydrogen) atoms. The molecule has 5 nitrogen and oxygen atoms in total. The SMILES string of the molecule is CCCC(=O)N(Cc1ccc(-c2ccc(Cl)cc2)o1)C1CCS(=O)(=O)C1. The molecule has 1 fully saturated rings. The van der Waals surface area contributed by atoms with Gasteiger partial charge in [-0.05, 0) is 49.2 Å². The summed E-state index contributed by atoms with van der Waals surface area (Å²) in [6.45, 7) is 2.22. The maximum atomic E-state index is 12.5. The summed E-state index contributed by atoms with van der Waals surface area (Å²) in [4.78, 5) is 14.2. The number of nitrogens with zero attached hydrogens (tertiary/aromatic N) is 1. The Morgan fingerprint density at radius 2 is 1.96 bits per heavy atom. The third kappa shape index (κ3) is 4.48. The second-order valence-electron chi connectivity index (χ2n) is 6.60. The number of benzene rings is 1. The van der Waals surface area contributed by atoms with Crippen LogP contribution in [0.15, 0.2) is 40.8 Å². The number of rotatable bonds is 6. The van der Waals surface area contributed by atoms with E-state index < -0.39 is 9.84 Å². The minimum atomic E-state index is -3.06. The highest BCUT2D eigenvalue weighted by atomic mass is 35.5. The first kappa shape index (κ1) is 19.0. The summed E-state index contributed by atoms with van der Waals surface area (Å²) in [6.07, 6.45) is 1.62. The summed E-state index contributed by atoms with van der Waals surface area (Å²) in [5.41, 5.74) is 0.899. The highest BCUT2D eigenvalue weighted by Gasteiger charge is 2.34. The number of carbonyl (C=O) groups is 1. The fourth-order valence-corrected chi connectivity index (χ4v) is 5.06. The number of halogens is 1. The number of hydrogen-bond acceptors (Lipinski definition) is 4. The molecule has 140 valence electrons. The molecule has 1 unspecified atom stereocenters. The smallest absolute Gasteiger partial charge is 0.223 e. The van der Waals surface area contributed by atoms with Crippen LogP contribution in [-0.2, 0) is 21.2 Å². The molecule has 0 N–H and O–H groups in total. The van der Waals surface area contributed by atoms with Gasteiger partial charge in [0.25, 0.3) is 0 Å². The van der Waals surface area contributed by atoms with Crippen molar-refractivity contribution in [2.24, 2.45) is 0 Å². The van der Waals surface area contributed by atoms with Crippen molar-refractivity contribution in [2.75, 3.05) is 11.5 Å². The van der Waals surface area contributed by atoms with Gasteiger partial charge < -0.3 is 9.32 Å². The van der Waals surface area contributed by atoms with Crippen LogP contribution in [0.25, 0.3) is 11.3 Å². The Morgan fingerprint density at radius 3 is 2.58 bits per heavy atom.